The minimum Gasteiger partial charge on any atom is -0.332 e. The zero-order valence-electron chi connectivity index (χ0n) is 14.6. The fourth-order valence-corrected chi connectivity index (χ4v) is 3.66. The average molecular weight is 415 g/mol. The van der Waals surface area contributed by atoms with Gasteiger partial charge in [-0.2, -0.15) is 0 Å². The number of amides is 2. The number of benzene rings is 2. The van der Waals surface area contributed by atoms with E-state index in [0.717, 1.165) is 17.4 Å². The van der Waals surface area contributed by atoms with E-state index in [1.165, 1.54) is 12.1 Å². The maximum atomic E-state index is 12.2. The van der Waals surface area contributed by atoms with Crippen LogP contribution in [0.25, 0.3) is 0 Å². The Balaban J connectivity index is 2.00. The Morgan fingerprint density at radius 2 is 1.54 bits per heavy atom. The number of carbonyl (C=O) groups excluding carboxylic acids is 1. The van der Waals surface area contributed by atoms with Gasteiger partial charge in [0, 0.05) is 16.3 Å². The highest BCUT2D eigenvalue weighted by molar-refractivity contribution is 7.90. The molecule has 0 aliphatic heterocycles. The summed E-state index contributed by atoms with van der Waals surface area (Å²) in [5.41, 5.74) is 1.56. The molecule has 0 aliphatic carbocycles. The second kappa shape index (κ2) is 8.29. The maximum absolute atomic E-state index is 12.2. The molecule has 26 heavy (non-hydrogen) atoms. The molecule has 0 aromatic heterocycles. The molecule has 0 heterocycles. The Morgan fingerprint density at radius 3 is 2.08 bits per heavy atom. The number of urea groups is 1. The lowest BCUT2D eigenvalue weighted by Crippen LogP contribution is -2.38. The molecular weight excluding hydrogens is 395 g/mol. The third-order valence-corrected chi connectivity index (χ3v) is 5.62. The van der Waals surface area contributed by atoms with Crippen LogP contribution in [-0.2, 0) is 9.84 Å². The van der Waals surface area contributed by atoms with Crippen molar-refractivity contribution in [2.45, 2.75) is 30.8 Å². The van der Waals surface area contributed by atoms with Crippen molar-refractivity contribution in [1.29, 1.82) is 0 Å². The lowest BCUT2D eigenvalue weighted by molar-refractivity contribution is 0.235. The van der Waals surface area contributed by atoms with Crippen LogP contribution >= 0.6 is 23.2 Å². The molecule has 0 spiro atoms. The fourth-order valence-electron chi connectivity index (χ4n) is 2.45. The number of nitrogens with one attached hydrogen (secondary N) is 2. The Bertz CT molecular complexity index is 899. The molecule has 0 radical (unpaired) electrons. The van der Waals surface area contributed by atoms with Gasteiger partial charge in [-0.25, -0.2) is 13.2 Å². The first kappa shape index (κ1) is 20.6. The number of halogens is 2. The van der Waals surface area contributed by atoms with Crippen LogP contribution in [0, 0.1) is 0 Å². The molecule has 2 amide bonds. The maximum Gasteiger partial charge on any atom is 0.315 e. The van der Waals surface area contributed by atoms with Crippen LogP contribution in [0.2, 0.25) is 10.0 Å². The van der Waals surface area contributed by atoms with Gasteiger partial charge < -0.3 is 10.6 Å². The van der Waals surface area contributed by atoms with Crippen LogP contribution in [0.5, 0.6) is 0 Å². The third kappa shape index (κ3) is 5.37. The zero-order valence-corrected chi connectivity index (χ0v) is 16.9. The molecule has 8 heteroatoms. The van der Waals surface area contributed by atoms with Gasteiger partial charge in [0.05, 0.1) is 17.0 Å². The highest BCUT2D eigenvalue weighted by Gasteiger charge is 2.16. The molecule has 2 aromatic rings. The number of rotatable bonds is 5. The lowest BCUT2D eigenvalue weighted by atomic mass is 10.1. The third-order valence-electron chi connectivity index (χ3n) is 3.93. The molecule has 0 fully saturated rings. The van der Waals surface area contributed by atoms with Gasteiger partial charge in [-0.15, -0.1) is 0 Å². The molecule has 0 saturated carbocycles. The first-order valence-electron chi connectivity index (χ1n) is 7.90. The topological polar surface area (TPSA) is 75.3 Å². The van der Waals surface area contributed by atoms with Gasteiger partial charge in [0.25, 0.3) is 0 Å². The smallest absolute Gasteiger partial charge is 0.315 e. The van der Waals surface area contributed by atoms with Crippen LogP contribution in [0.4, 0.5) is 4.79 Å². The van der Waals surface area contributed by atoms with E-state index in [-0.39, 0.29) is 23.0 Å². The molecular formula is C18H20Cl2N2O3S. The number of hydrogen-bond acceptors (Lipinski definition) is 3. The van der Waals surface area contributed by atoms with Gasteiger partial charge in [0.1, 0.15) is 0 Å². The van der Waals surface area contributed by atoms with Crippen LogP contribution in [0.1, 0.15) is 37.1 Å². The van der Waals surface area contributed by atoms with Crippen molar-refractivity contribution in [3.63, 3.8) is 0 Å². The first-order valence-corrected chi connectivity index (χ1v) is 10.5. The molecule has 2 rings (SSSR count). The van der Waals surface area contributed by atoms with Gasteiger partial charge >= 0.3 is 6.03 Å². The number of sulfone groups is 1. The van der Waals surface area contributed by atoms with Gasteiger partial charge in [0.2, 0.25) is 0 Å². The van der Waals surface area contributed by atoms with Gasteiger partial charge in [-0.3, -0.25) is 0 Å². The summed E-state index contributed by atoms with van der Waals surface area (Å²) in [7, 11) is -3.24. The van der Waals surface area contributed by atoms with Crippen molar-refractivity contribution in [2.75, 3.05) is 6.26 Å². The summed E-state index contributed by atoms with van der Waals surface area (Å²) in [5.74, 6) is 0. The quantitative estimate of drug-likeness (QED) is 0.754. The molecule has 0 unspecified atom stereocenters. The highest BCUT2D eigenvalue weighted by atomic mass is 35.5. The second-order valence-corrected chi connectivity index (χ2v) is 8.93. The minimum absolute atomic E-state index is 0.240. The first-order chi connectivity index (χ1) is 12.1. The Hall–Kier alpha value is -1.76. The molecule has 5 nitrogen and oxygen atoms in total. The van der Waals surface area contributed by atoms with E-state index in [1.807, 2.05) is 13.8 Å². The number of carbonyl (C=O) groups is 1. The number of hydrogen-bond donors (Lipinski definition) is 2. The zero-order chi connectivity index (χ0) is 19.5. The average Bonchev–Trinajstić information content (AvgIpc) is 2.53. The minimum atomic E-state index is -3.24. The van der Waals surface area contributed by atoms with Gasteiger partial charge in [-0.05, 0) is 49.2 Å². The molecule has 2 N–H and O–H groups in total. The predicted octanol–water partition coefficient (Wildman–Crippen LogP) is 4.52. The van der Waals surface area contributed by atoms with Crippen molar-refractivity contribution < 1.29 is 13.2 Å². The summed E-state index contributed by atoms with van der Waals surface area (Å²) in [6.07, 6.45) is 1.15. The summed E-state index contributed by atoms with van der Waals surface area (Å²) < 4.78 is 23.0. The van der Waals surface area contributed by atoms with E-state index in [9.17, 15) is 13.2 Å². The second-order valence-electron chi connectivity index (χ2n) is 6.07. The fraction of sp³-hybridized carbons (Fsp3) is 0.278. The molecule has 0 bridgehead atoms. The highest BCUT2D eigenvalue weighted by Crippen LogP contribution is 2.26. The molecule has 0 aliphatic rings. The summed E-state index contributed by atoms with van der Waals surface area (Å²) >= 11 is 12.0. The Morgan fingerprint density at radius 1 is 0.962 bits per heavy atom. The van der Waals surface area contributed by atoms with Crippen LogP contribution in [0.15, 0.2) is 47.4 Å². The van der Waals surface area contributed by atoms with E-state index in [2.05, 4.69) is 10.6 Å². The van der Waals surface area contributed by atoms with Crippen molar-refractivity contribution in [2.24, 2.45) is 0 Å². The molecule has 2 aromatic carbocycles. The van der Waals surface area contributed by atoms with Crippen molar-refractivity contribution in [1.82, 2.24) is 10.6 Å². The van der Waals surface area contributed by atoms with E-state index >= 15 is 0 Å². The normalized spacial score (nSPS) is 13.7. The molecule has 2 atom stereocenters. The van der Waals surface area contributed by atoms with E-state index < -0.39 is 9.84 Å². The standard InChI is InChI=1S/C18H20Cl2N2O3S/c1-11(13-4-7-15(8-5-13)26(3,24)25)21-18(23)22-12(2)16-9-6-14(19)10-17(16)20/h4-12H,1-3H3,(H2,21,22,23)/t11-,12+/m1/s1. The van der Waals surface area contributed by atoms with Gasteiger partial charge in [0.15, 0.2) is 9.84 Å². The summed E-state index contributed by atoms with van der Waals surface area (Å²) in [6, 6.07) is 10.6. The summed E-state index contributed by atoms with van der Waals surface area (Å²) in [5, 5.41) is 6.65. The van der Waals surface area contributed by atoms with Crippen molar-refractivity contribution in [3.05, 3.63) is 63.6 Å². The van der Waals surface area contributed by atoms with Crippen molar-refractivity contribution >= 4 is 39.1 Å². The Labute approximate surface area is 163 Å². The Kier molecular flexibility index (Phi) is 6.55. The molecule has 140 valence electrons. The molecule has 0 saturated heterocycles. The summed E-state index contributed by atoms with van der Waals surface area (Å²) in [6.45, 7) is 3.63. The van der Waals surface area contributed by atoms with Crippen LogP contribution in [0.3, 0.4) is 0 Å². The summed E-state index contributed by atoms with van der Waals surface area (Å²) in [4.78, 5) is 12.5. The van der Waals surface area contributed by atoms with Crippen LogP contribution < -0.4 is 10.6 Å². The SMILES string of the molecule is C[C@H](NC(=O)N[C@H](C)c1ccc(S(C)(=O)=O)cc1)c1ccc(Cl)cc1Cl. The van der Waals surface area contributed by atoms with E-state index in [1.54, 1.807) is 30.3 Å². The van der Waals surface area contributed by atoms with Crippen LogP contribution in [-0.4, -0.2) is 20.7 Å². The largest absolute Gasteiger partial charge is 0.332 e. The lowest BCUT2D eigenvalue weighted by Gasteiger charge is -2.19. The monoisotopic (exact) mass is 414 g/mol. The van der Waals surface area contributed by atoms with Gasteiger partial charge in [-0.1, -0.05) is 41.4 Å². The van der Waals surface area contributed by atoms with E-state index in [0.29, 0.717) is 10.0 Å². The van der Waals surface area contributed by atoms with E-state index in [4.69, 9.17) is 23.2 Å². The van der Waals surface area contributed by atoms with Crippen molar-refractivity contribution in [3.8, 4) is 0 Å². The predicted molar refractivity (Wildman–Crippen MR) is 105 cm³/mol.